The summed E-state index contributed by atoms with van der Waals surface area (Å²) in [6, 6.07) is 2.94. The van der Waals surface area contributed by atoms with Gasteiger partial charge >= 0.3 is 6.29 Å². The van der Waals surface area contributed by atoms with Gasteiger partial charge in [0.1, 0.15) is 11.3 Å². The van der Waals surface area contributed by atoms with Crippen molar-refractivity contribution in [3.8, 4) is 11.5 Å². The summed E-state index contributed by atoms with van der Waals surface area (Å²) in [7, 11) is 0. The monoisotopic (exact) mass is 279 g/mol. The van der Waals surface area contributed by atoms with Crippen LogP contribution in [0.2, 0.25) is 0 Å². The van der Waals surface area contributed by atoms with E-state index < -0.39 is 6.29 Å². The molecule has 0 bridgehead atoms. The van der Waals surface area contributed by atoms with Crippen LogP contribution >= 0.6 is 0 Å². The fourth-order valence-electron chi connectivity index (χ4n) is 2.20. The van der Waals surface area contributed by atoms with E-state index in [0.29, 0.717) is 16.9 Å². The first kappa shape index (κ1) is 11.1. The summed E-state index contributed by atoms with van der Waals surface area (Å²) in [5, 5.41) is 4.58. The molecule has 0 radical (unpaired) electrons. The van der Waals surface area contributed by atoms with Crippen molar-refractivity contribution in [2.24, 2.45) is 0 Å². The molecule has 7 nitrogen and oxygen atoms in total. The van der Waals surface area contributed by atoms with Gasteiger partial charge < -0.3 is 15.2 Å². The van der Waals surface area contributed by atoms with E-state index in [0.717, 1.165) is 0 Å². The topological polar surface area (TPSA) is 87.6 Å². The molecule has 1 aromatic carbocycles. The SMILES string of the molecule is Cc1nc2c3ccc4c(c3nc(N)n2n1)OC(F)(F)O4. The molecule has 3 heterocycles. The van der Waals surface area contributed by atoms with E-state index in [2.05, 4.69) is 24.5 Å². The Morgan fingerprint density at radius 3 is 2.85 bits per heavy atom. The zero-order valence-electron chi connectivity index (χ0n) is 10.1. The molecule has 0 unspecified atom stereocenters. The molecule has 0 spiro atoms. The van der Waals surface area contributed by atoms with E-state index >= 15 is 0 Å². The van der Waals surface area contributed by atoms with Crippen LogP contribution in [-0.4, -0.2) is 25.9 Å². The molecule has 3 aromatic rings. The normalized spacial score (nSPS) is 16.1. The Hall–Kier alpha value is -2.71. The lowest BCUT2D eigenvalue weighted by molar-refractivity contribution is -0.286. The number of nitrogens with two attached hydrogens (primary N) is 1. The highest BCUT2D eigenvalue weighted by Crippen LogP contribution is 2.45. The van der Waals surface area contributed by atoms with Crippen LogP contribution in [0.5, 0.6) is 11.5 Å². The Balaban J connectivity index is 2.13. The van der Waals surface area contributed by atoms with E-state index in [4.69, 9.17) is 5.73 Å². The zero-order chi connectivity index (χ0) is 14.1. The van der Waals surface area contributed by atoms with Gasteiger partial charge in [0.25, 0.3) is 0 Å². The molecule has 0 aliphatic carbocycles. The number of alkyl halides is 2. The molecule has 4 rings (SSSR count). The highest BCUT2D eigenvalue weighted by molar-refractivity contribution is 5.97. The van der Waals surface area contributed by atoms with Crippen LogP contribution in [0.3, 0.4) is 0 Å². The number of nitrogens with zero attached hydrogens (tertiary/aromatic N) is 4. The van der Waals surface area contributed by atoms with Crippen molar-refractivity contribution in [2.45, 2.75) is 13.2 Å². The minimum absolute atomic E-state index is 0.0281. The molecule has 0 fully saturated rings. The number of aromatic nitrogens is 4. The third kappa shape index (κ3) is 1.34. The van der Waals surface area contributed by atoms with Crippen molar-refractivity contribution in [3.63, 3.8) is 0 Å². The van der Waals surface area contributed by atoms with Crippen molar-refractivity contribution in [1.82, 2.24) is 19.6 Å². The first-order valence-corrected chi connectivity index (χ1v) is 5.66. The molecule has 0 saturated heterocycles. The first-order chi connectivity index (χ1) is 9.44. The minimum atomic E-state index is -3.71. The maximum atomic E-state index is 13.1. The minimum Gasteiger partial charge on any atom is -0.395 e. The van der Waals surface area contributed by atoms with Crippen LogP contribution in [0.25, 0.3) is 16.6 Å². The van der Waals surface area contributed by atoms with E-state index in [1.165, 1.54) is 10.6 Å². The predicted molar refractivity (Wildman–Crippen MR) is 63.6 cm³/mol. The van der Waals surface area contributed by atoms with Gasteiger partial charge in [0, 0.05) is 5.39 Å². The summed E-state index contributed by atoms with van der Waals surface area (Å²) in [4.78, 5) is 8.27. The molecule has 0 saturated carbocycles. The molecular weight excluding hydrogens is 272 g/mol. The van der Waals surface area contributed by atoms with Gasteiger partial charge in [-0.25, -0.2) is 9.97 Å². The van der Waals surface area contributed by atoms with Crippen molar-refractivity contribution in [2.75, 3.05) is 5.73 Å². The third-order valence-corrected chi connectivity index (χ3v) is 2.94. The van der Waals surface area contributed by atoms with Crippen LogP contribution < -0.4 is 15.2 Å². The highest BCUT2D eigenvalue weighted by atomic mass is 19.3. The van der Waals surface area contributed by atoms with Gasteiger partial charge in [0.05, 0.1) is 0 Å². The highest BCUT2D eigenvalue weighted by Gasteiger charge is 2.44. The fraction of sp³-hybridized carbons (Fsp3) is 0.182. The number of hydrogen-bond donors (Lipinski definition) is 1. The van der Waals surface area contributed by atoms with Gasteiger partial charge in [-0.3, -0.25) is 0 Å². The van der Waals surface area contributed by atoms with Gasteiger partial charge in [-0.2, -0.15) is 4.52 Å². The lowest BCUT2D eigenvalue weighted by atomic mass is 10.2. The standard InChI is InChI=1S/C11H7F2N5O2/c1-4-15-9-5-2-3-6-8(20-11(12,13)19-6)7(5)16-10(14)18(9)17-4/h2-3H,1H3,(H2,14,16). The molecule has 20 heavy (non-hydrogen) atoms. The van der Waals surface area contributed by atoms with Crippen LogP contribution in [0.15, 0.2) is 12.1 Å². The van der Waals surface area contributed by atoms with Gasteiger partial charge in [-0.05, 0) is 19.1 Å². The number of anilines is 1. The summed E-state index contributed by atoms with van der Waals surface area (Å²) >= 11 is 0. The van der Waals surface area contributed by atoms with Gasteiger partial charge in [0.2, 0.25) is 5.95 Å². The van der Waals surface area contributed by atoms with E-state index in [1.54, 1.807) is 13.0 Å². The number of benzene rings is 1. The Bertz CT molecular complexity index is 876. The Kier molecular flexibility index (Phi) is 1.80. The van der Waals surface area contributed by atoms with Gasteiger partial charge in [0.15, 0.2) is 17.1 Å². The summed E-state index contributed by atoms with van der Waals surface area (Å²) in [5.74, 6) is 0.284. The fourth-order valence-corrected chi connectivity index (χ4v) is 2.20. The second-order valence-electron chi connectivity index (χ2n) is 4.32. The lowest BCUT2D eigenvalue weighted by Crippen LogP contribution is -2.26. The third-order valence-electron chi connectivity index (χ3n) is 2.94. The second kappa shape index (κ2) is 3.24. The van der Waals surface area contributed by atoms with Crippen LogP contribution in [-0.2, 0) is 0 Å². The summed E-state index contributed by atoms with van der Waals surface area (Å²) in [6.45, 7) is 1.69. The predicted octanol–water partition coefficient (Wildman–Crippen LogP) is 1.49. The number of aryl methyl sites for hydroxylation is 1. The Labute approximate surface area is 109 Å². The van der Waals surface area contributed by atoms with Crippen molar-refractivity contribution in [3.05, 3.63) is 18.0 Å². The lowest BCUT2D eigenvalue weighted by Gasteiger charge is -2.05. The largest absolute Gasteiger partial charge is 0.586 e. The molecule has 0 atom stereocenters. The van der Waals surface area contributed by atoms with Crippen LogP contribution in [0.1, 0.15) is 5.82 Å². The molecule has 1 aliphatic rings. The molecule has 0 amide bonds. The molecule has 1 aliphatic heterocycles. The Morgan fingerprint density at radius 1 is 1.25 bits per heavy atom. The van der Waals surface area contributed by atoms with E-state index in [-0.39, 0.29) is 23.0 Å². The van der Waals surface area contributed by atoms with Crippen LogP contribution in [0, 0.1) is 6.92 Å². The number of rotatable bonds is 0. The van der Waals surface area contributed by atoms with E-state index in [1.807, 2.05) is 0 Å². The van der Waals surface area contributed by atoms with Crippen LogP contribution in [0.4, 0.5) is 14.7 Å². The number of nitrogen functional groups attached to an aromatic ring is 1. The van der Waals surface area contributed by atoms with Gasteiger partial charge in [-0.1, -0.05) is 0 Å². The first-order valence-electron chi connectivity index (χ1n) is 5.66. The molecular formula is C11H7F2N5O2. The number of halogens is 2. The second-order valence-corrected chi connectivity index (χ2v) is 4.32. The van der Waals surface area contributed by atoms with Crippen molar-refractivity contribution in [1.29, 1.82) is 0 Å². The smallest absolute Gasteiger partial charge is 0.395 e. The maximum absolute atomic E-state index is 13.1. The quantitative estimate of drug-likeness (QED) is 0.670. The summed E-state index contributed by atoms with van der Waals surface area (Å²) in [5.41, 5.74) is 6.35. The maximum Gasteiger partial charge on any atom is 0.586 e. The number of fused-ring (bicyclic) bond motifs is 5. The molecule has 102 valence electrons. The summed E-state index contributed by atoms with van der Waals surface area (Å²) < 4.78 is 36.5. The molecule has 9 heteroatoms. The zero-order valence-corrected chi connectivity index (χ0v) is 10.1. The van der Waals surface area contributed by atoms with E-state index in [9.17, 15) is 8.78 Å². The average Bonchev–Trinajstić information content (AvgIpc) is 2.88. The summed E-state index contributed by atoms with van der Waals surface area (Å²) in [6.07, 6.45) is -3.71. The van der Waals surface area contributed by atoms with Gasteiger partial charge in [-0.15, -0.1) is 13.9 Å². The van der Waals surface area contributed by atoms with Crippen molar-refractivity contribution >= 4 is 22.5 Å². The van der Waals surface area contributed by atoms with Crippen molar-refractivity contribution < 1.29 is 18.3 Å². The molecule has 2 N–H and O–H groups in total. The number of ether oxygens (including phenoxy) is 2. The molecule has 2 aromatic heterocycles. The average molecular weight is 279 g/mol. The number of hydrogen-bond acceptors (Lipinski definition) is 6. The Morgan fingerprint density at radius 2 is 2.05 bits per heavy atom.